The second-order valence-corrected chi connectivity index (χ2v) is 4.45. The molecule has 5 heteroatoms. The molecular weight excluding hydrogens is 238 g/mol. The number of benzene rings is 1. The van der Waals surface area contributed by atoms with Crippen LogP contribution in [-0.4, -0.2) is 29.8 Å². The van der Waals surface area contributed by atoms with Gasteiger partial charge in [-0.2, -0.15) is 0 Å². The average Bonchev–Trinajstić information content (AvgIpc) is 2.34. The Kier molecular flexibility index (Phi) is 5.56. The minimum atomic E-state index is -0.315. The predicted molar refractivity (Wildman–Crippen MR) is 66.3 cm³/mol. The summed E-state index contributed by atoms with van der Waals surface area (Å²) in [7, 11) is 1.34. The Morgan fingerprint density at radius 2 is 1.94 bits per heavy atom. The van der Waals surface area contributed by atoms with E-state index < -0.39 is 0 Å². The molecule has 0 aliphatic heterocycles. The number of ether oxygens (including phenoxy) is 1. The highest BCUT2D eigenvalue weighted by molar-refractivity contribution is 7.97. The van der Waals surface area contributed by atoms with E-state index in [4.69, 9.17) is 0 Å². The molecule has 0 aromatic heterocycles. The molecule has 0 saturated carbocycles. The quantitative estimate of drug-likeness (QED) is 0.595. The first-order valence-electron chi connectivity index (χ1n) is 5.21. The van der Waals surface area contributed by atoms with Crippen LogP contribution in [0.4, 0.5) is 0 Å². The van der Waals surface area contributed by atoms with Crippen LogP contribution < -0.4 is 0 Å². The molecule has 92 valence electrons. The number of nitrogens with zero attached hydrogens (tertiary/aromatic N) is 1. The van der Waals surface area contributed by atoms with E-state index in [9.17, 15) is 9.59 Å². The van der Waals surface area contributed by atoms with Gasteiger partial charge in [-0.05, 0) is 24.1 Å². The minimum Gasteiger partial charge on any atom is -0.469 e. The third kappa shape index (κ3) is 4.91. The molecule has 0 bridgehead atoms. The molecule has 17 heavy (non-hydrogen) atoms. The Bertz CT molecular complexity index is 381. The number of methoxy groups -OCH3 is 1. The van der Waals surface area contributed by atoms with Crippen LogP contribution in [0.2, 0.25) is 0 Å². The van der Waals surface area contributed by atoms with Crippen LogP contribution in [0.5, 0.6) is 0 Å². The summed E-state index contributed by atoms with van der Waals surface area (Å²) in [4.78, 5) is 23.4. The molecule has 1 aromatic rings. The lowest BCUT2D eigenvalue weighted by molar-refractivity contribution is -0.140. The first-order chi connectivity index (χ1) is 8.13. The second-order valence-electron chi connectivity index (χ2n) is 3.35. The minimum absolute atomic E-state index is 0.0808. The van der Waals surface area contributed by atoms with E-state index in [0.29, 0.717) is 6.54 Å². The first kappa shape index (κ1) is 13.6. The van der Waals surface area contributed by atoms with Crippen LogP contribution in [0.15, 0.2) is 35.2 Å². The summed E-state index contributed by atoms with van der Waals surface area (Å²) >= 11 is 1.33. The van der Waals surface area contributed by atoms with Gasteiger partial charge in [0.25, 0.3) is 0 Å². The Balaban J connectivity index is 2.55. The van der Waals surface area contributed by atoms with Crippen molar-refractivity contribution in [3.8, 4) is 0 Å². The van der Waals surface area contributed by atoms with Crippen LogP contribution >= 0.6 is 11.9 Å². The molecule has 0 atom stereocenters. The zero-order valence-corrected chi connectivity index (χ0v) is 10.7. The third-order valence-corrected chi connectivity index (χ3v) is 3.20. The number of amides is 1. The van der Waals surface area contributed by atoms with E-state index in [1.807, 2.05) is 30.3 Å². The molecule has 0 fully saturated rings. The lowest BCUT2D eigenvalue weighted by atomic mass is 10.4. The van der Waals surface area contributed by atoms with Crippen LogP contribution in [0.1, 0.15) is 13.3 Å². The normalized spacial score (nSPS) is 9.76. The van der Waals surface area contributed by atoms with Gasteiger partial charge in [0, 0.05) is 18.4 Å². The first-order valence-corrected chi connectivity index (χ1v) is 5.98. The topological polar surface area (TPSA) is 46.6 Å². The number of esters is 1. The van der Waals surface area contributed by atoms with E-state index in [-0.39, 0.29) is 18.3 Å². The molecule has 0 unspecified atom stereocenters. The van der Waals surface area contributed by atoms with Gasteiger partial charge in [-0.15, -0.1) is 0 Å². The van der Waals surface area contributed by atoms with Crippen molar-refractivity contribution in [1.29, 1.82) is 0 Å². The monoisotopic (exact) mass is 253 g/mol. The average molecular weight is 253 g/mol. The summed E-state index contributed by atoms with van der Waals surface area (Å²) in [5.74, 6) is -0.396. The van der Waals surface area contributed by atoms with Crippen molar-refractivity contribution in [1.82, 2.24) is 4.31 Å². The fraction of sp³-hybridized carbons (Fsp3) is 0.333. The molecule has 0 heterocycles. The molecule has 1 amide bonds. The molecule has 1 aromatic carbocycles. The van der Waals surface area contributed by atoms with Gasteiger partial charge in [0.05, 0.1) is 13.5 Å². The molecular formula is C12H15NO3S. The van der Waals surface area contributed by atoms with Crippen molar-refractivity contribution in [3.63, 3.8) is 0 Å². The maximum atomic E-state index is 11.4. The molecule has 0 aliphatic carbocycles. The predicted octanol–water partition coefficient (Wildman–Crippen LogP) is 2.11. The van der Waals surface area contributed by atoms with Crippen molar-refractivity contribution in [2.24, 2.45) is 0 Å². The second kappa shape index (κ2) is 6.96. The number of carbonyl (C=O) groups is 2. The van der Waals surface area contributed by atoms with Crippen molar-refractivity contribution in [2.75, 3.05) is 13.7 Å². The molecule has 0 saturated heterocycles. The fourth-order valence-corrected chi connectivity index (χ4v) is 2.02. The molecule has 0 radical (unpaired) electrons. The lowest BCUT2D eigenvalue weighted by Gasteiger charge is -2.18. The Morgan fingerprint density at radius 3 is 2.47 bits per heavy atom. The maximum Gasteiger partial charge on any atom is 0.307 e. The molecule has 0 aliphatic rings. The van der Waals surface area contributed by atoms with Gasteiger partial charge in [0.1, 0.15) is 0 Å². The van der Waals surface area contributed by atoms with E-state index in [1.54, 1.807) is 4.31 Å². The number of hydrogen-bond acceptors (Lipinski definition) is 4. The van der Waals surface area contributed by atoms with Crippen molar-refractivity contribution in [3.05, 3.63) is 30.3 Å². The van der Waals surface area contributed by atoms with Crippen LogP contribution in [0.3, 0.4) is 0 Å². The van der Waals surface area contributed by atoms with Crippen molar-refractivity contribution in [2.45, 2.75) is 18.2 Å². The van der Waals surface area contributed by atoms with Gasteiger partial charge in [-0.3, -0.25) is 13.9 Å². The number of rotatable bonds is 5. The van der Waals surface area contributed by atoms with Crippen molar-refractivity contribution < 1.29 is 14.3 Å². The fourth-order valence-electron chi connectivity index (χ4n) is 1.17. The van der Waals surface area contributed by atoms with Crippen LogP contribution in [0.25, 0.3) is 0 Å². The SMILES string of the molecule is COC(=O)CCN(Sc1ccccc1)C(C)=O. The zero-order valence-electron chi connectivity index (χ0n) is 9.88. The largest absolute Gasteiger partial charge is 0.469 e. The van der Waals surface area contributed by atoms with Gasteiger partial charge < -0.3 is 4.74 Å². The molecule has 0 spiro atoms. The summed E-state index contributed by atoms with van der Waals surface area (Å²) in [5.41, 5.74) is 0. The molecule has 4 nitrogen and oxygen atoms in total. The van der Waals surface area contributed by atoms with E-state index in [0.717, 1.165) is 4.90 Å². The highest BCUT2D eigenvalue weighted by Gasteiger charge is 2.12. The van der Waals surface area contributed by atoms with E-state index in [2.05, 4.69) is 4.74 Å². The standard InChI is InChI=1S/C12H15NO3S/c1-10(14)13(9-8-12(15)16-2)17-11-6-4-3-5-7-11/h3-7H,8-9H2,1-2H3. The van der Waals surface area contributed by atoms with Crippen molar-refractivity contribution >= 4 is 23.8 Å². The lowest BCUT2D eigenvalue weighted by Crippen LogP contribution is -2.24. The summed E-state index contributed by atoms with van der Waals surface area (Å²) in [6.45, 7) is 1.83. The highest BCUT2D eigenvalue weighted by atomic mass is 32.2. The number of hydrogen-bond donors (Lipinski definition) is 0. The highest BCUT2D eigenvalue weighted by Crippen LogP contribution is 2.22. The maximum absolute atomic E-state index is 11.4. The van der Waals surface area contributed by atoms with Crippen LogP contribution in [0, 0.1) is 0 Å². The van der Waals surface area contributed by atoms with Gasteiger partial charge >= 0.3 is 5.97 Å². The van der Waals surface area contributed by atoms with E-state index >= 15 is 0 Å². The number of carbonyl (C=O) groups excluding carboxylic acids is 2. The molecule has 0 N–H and O–H groups in total. The molecule has 1 rings (SSSR count). The Labute approximate surface area is 105 Å². The summed E-state index contributed by atoms with van der Waals surface area (Å²) in [6, 6.07) is 9.55. The summed E-state index contributed by atoms with van der Waals surface area (Å²) in [6.07, 6.45) is 0.204. The van der Waals surface area contributed by atoms with Gasteiger partial charge in [0.2, 0.25) is 5.91 Å². The van der Waals surface area contributed by atoms with Gasteiger partial charge in [-0.1, -0.05) is 18.2 Å². The Hall–Kier alpha value is -1.49. The van der Waals surface area contributed by atoms with Crippen LogP contribution in [-0.2, 0) is 14.3 Å². The van der Waals surface area contributed by atoms with E-state index in [1.165, 1.54) is 26.0 Å². The van der Waals surface area contributed by atoms with Gasteiger partial charge in [0.15, 0.2) is 0 Å². The Morgan fingerprint density at radius 1 is 1.29 bits per heavy atom. The third-order valence-electron chi connectivity index (χ3n) is 2.06. The van der Waals surface area contributed by atoms with Gasteiger partial charge in [-0.25, -0.2) is 0 Å². The zero-order chi connectivity index (χ0) is 12.7. The smallest absolute Gasteiger partial charge is 0.307 e. The summed E-state index contributed by atoms with van der Waals surface area (Å²) < 4.78 is 6.09. The summed E-state index contributed by atoms with van der Waals surface area (Å²) in [5, 5.41) is 0.